The van der Waals surface area contributed by atoms with Crippen LogP contribution in [0.1, 0.15) is 37.6 Å². The molecular weight excluding hydrogens is 256 g/mol. The Balaban J connectivity index is 2.18. The first-order valence-corrected chi connectivity index (χ1v) is 7.74. The maximum Gasteiger partial charge on any atom is 0.0419 e. The summed E-state index contributed by atoms with van der Waals surface area (Å²) in [7, 11) is 2.04. The summed E-state index contributed by atoms with van der Waals surface area (Å²) in [4.78, 5) is 4.60. The summed E-state index contributed by atoms with van der Waals surface area (Å²) in [6.45, 7) is 6.75. The van der Waals surface area contributed by atoms with E-state index in [0.29, 0.717) is 6.04 Å². The zero-order valence-corrected chi connectivity index (χ0v) is 13.6. The lowest BCUT2D eigenvalue weighted by Gasteiger charge is -2.35. The Kier molecular flexibility index (Phi) is 5.13. The van der Waals surface area contributed by atoms with Gasteiger partial charge in [-0.3, -0.25) is 4.98 Å². The van der Waals surface area contributed by atoms with Gasteiger partial charge in [-0.1, -0.05) is 57.2 Å². The highest BCUT2D eigenvalue weighted by Crippen LogP contribution is 2.28. The van der Waals surface area contributed by atoms with Gasteiger partial charge in [-0.2, -0.15) is 0 Å². The third kappa shape index (κ3) is 3.70. The molecular formula is C19H26N2. The van der Waals surface area contributed by atoms with Gasteiger partial charge < -0.3 is 5.32 Å². The van der Waals surface area contributed by atoms with Gasteiger partial charge >= 0.3 is 0 Å². The third-order valence-electron chi connectivity index (χ3n) is 4.44. The normalized spacial score (nSPS) is 13.1. The molecule has 0 aliphatic heterocycles. The number of aryl methyl sites for hydroxylation is 1. The summed E-state index contributed by atoms with van der Waals surface area (Å²) in [5.74, 6) is 0. The van der Waals surface area contributed by atoms with Gasteiger partial charge in [0.05, 0.1) is 0 Å². The van der Waals surface area contributed by atoms with Crippen LogP contribution in [0.25, 0.3) is 0 Å². The average Bonchev–Trinajstić information content (AvgIpc) is 2.53. The first kappa shape index (κ1) is 15.7. The highest BCUT2D eigenvalue weighted by atomic mass is 14.9. The Morgan fingerprint density at radius 3 is 2.33 bits per heavy atom. The maximum absolute atomic E-state index is 4.60. The molecule has 0 saturated heterocycles. The van der Waals surface area contributed by atoms with Gasteiger partial charge in [0.25, 0.3) is 0 Å². The first-order valence-electron chi connectivity index (χ1n) is 7.74. The summed E-state index contributed by atoms with van der Waals surface area (Å²) in [6, 6.07) is 15.4. The molecule has 1 heterocycles. The summed E-state index contributed by atoms with van der Waals surface area (Å²) in [5.41, 5.74) is 3.85. The fraction of sp³-hybridized carbons (Fsp3) is 0.421. The van der Waals surface area contributed by atoms with Gasteiger partial charge in [0.1, 0.15) is 0 Å². The van der Waals surface area contributed by atoms with Crippen molar-refractivity contribution in [3.05, 3.63) is 65.5 Å². The van der Waals surface area contributed by atoms with E-state index in [1.165, 1.54) is 11.1 Å². The van der Waals surface area contributed by atoms with E-state index in [9.17, 15) is 0 Å². The highest BCUT2D eigenvalue weighted by molar-refractivity contribution is 5.27. The molecule has 0 fully saturated rings. The third-order valence-corrected chi connectivity index (χ3v) is 4.44. The molecule has 1 N–H and O–H groups in total. The molecule has 112 valence electrons. The van der Waals surface area contributed by atoms with Crippen molar-refractivity contribution in [3.8, 4) is 0 Å². The summed E-state index contributed by atoms with van der Waals surface area (Å²) < 4.78 is 0. The summed E-state index contributed by atoms with van der Waals surface area (Å²) in [5, 5.41) is 3.48. The Morgan fingerprint density at radius 1 is 1.10 bits per heavy atom. The van der Waals surface area contributed by atoms with Crippen LogP contribution < -0.4 is 5.32 Å². The predicted octanol–water partition coefficient (Wildman–Crippen LogP) is 3.75. The van der Waals surface area contributed by atoms with Gasteiger partial charge in [0.2, 0.25) is 0 Å². The number of hydrogen-bond acceptors (Lipinski definition) is 2. The average molecular weight is 282 g/mol. The maximum atomic E-state index is 4.60. The first-order chi connectivity index (χ1) is 10.1. The SMILES string of the molecule is CCc1ccc(CC(NC)C(C)(C)c2ccccc2)nc1. The minimum Gasteiger partial charge on any atom is -0.316 e. The van der Waals surface area contributed by atoms with Crippen molar-refractivity contribution >= 4 is 0 Å². The second kappa shape index (κ2) is 6.86. The van der Waals surface area contributed by atoms with E-state index in [-0.39, 0.29) is 5.41 Å². The fourth-order valence-corrected chi connectivity index (χ4v) is 2.78. The lowest BCUT2D eigenvalue weighted by Crippen LogP contribution is -2.44. The van der Waals surface area contributed by atoms with Crippen molar-refractivity contribution in [3.63, 3.8) is 0 Å². The number of aromatic nitrogens is 1. The van der Waals surface area contributed by atoms with E-state index in [4.69, 9.17) is 0 Å². The lowest BCUT2D eigenvalue weighted by molar-refractivity contribution is 0.354. The second-order valence-corrected chi connectivity index (χ2v) is 6.14. The van der Waals surface area contributed by atoms with Gasteiger partial charge in [-0.05, 0) is 30.7 Å². The van der Waals surface area contributed by atoms with Crippen molar-refractivity contribution in [1.29, 1.82) is 0 Å². The second-order valence-electron chi connectivity index (χ2n) is 6.14. The molecule has 1 atom stereocenters. The Morgan fingerprint density at radius 2 is 1.81 bits per heavy atom. The van der Waals surface area contributed by atoms with Crippen LogP contribution in [-0.4, -0.2) is 18.1 Å². The molecule has 1 aromatic carbocycles. The molecule has 0 radical (unpaired) electrons. The van der Waals surface area contributed by atoms with Crippen LogP contribution >= 0.6 is 0 Å². The van der Waals surface area contributed by atoms with Gasteiger partial charge in [-0.15, -0.1) is 0 Å². The number of benzene rings is 1. The molecule has 0 aliphatic rings. The number of hydrogen-bond donors (Lipinski definition) is 1. The van der Waals surface area contributed by atoms with Crippen molar-refractivity contribution in [2.24, 2.45) is 0 Å². The van der Waals surface area contributed by atoms with Crippen LogP contribution in [0, 0.1) is 0 Å². The molecule has 2 aromatic rings. The number of pyridine rings is 1. The summed E-state index contributed by atoms with van der Waals surface area (Å²) in [6.07, 6.45) is 3.97. The van der Waals surface area contributed by atoms with Crippen LogP contribution in [-0.2, 0) is 18.3 Å². The zero-order valence-electron chi connectivity index (χ0n) is 13.6. The smallest absolute Gasteiger partial charge is 0.0419 e. The molecule has 0 amide bonds. The van der Waals surface area contributed by atoms with Crippen LogP contribution in [0.3, 0.4) is 0 Å². The molecule has 2 rings (SSSR count). The number of nitrogens with zero attached hydrogens (tertiary/aromatic N) is 1. The zero-order chi connectivity index (χ0) is 15.3. The minimum absolute atomic E-state index is 0.0567. The lowest BCUT2D eigenvalue weighted by atomic mass is 9.76. The highest BCUT2D eigenvalue weighted by Gasteiger charge is 2.30. The van der Waals surface area contributed by atoms with Crippen LogP contribution in [0.4, 0.5) is 0 Å². The quantitative estimate of drug-likeness (QED) is 0.873. The van der Waals surface area contributed by atoms with Crippen LogP contribution in [0.15, 0.2) is 48.7 Å². The molecule has 21 heavy (non-hydrogen) atoms. The van der Waals surface area contributed by atoms with Gasteiger partial charge in [-0.25, -0.2) is 0 Å². The number of rotatable bonds is 6. The molecule has 1 unspecified atom stereocenters. The Hall–Kier alpha value is -1.67. The minimum atomic E-state index is 0.0567. The number of likely N-dealkylation sites (N-methyl/N-ethyl adjacent to an activating group) is 1. The van der Waals surface area contributed by atoms with Crippen molar-refractivity contribution in [1.82, 2.24) is 10.3 Å². The topological polar surface area (TPSA) is 24.9 Å². The molecule has 0 spiro atoms. The van der Waals surface area contributed by atoms with E-state index in [1.807, 2.05) is 13.2 Å². The van der Waals surface area contributed by atoms with E-state index in [2.05, 4.69) is 73.5 Å². The summed E-state index contributed by atoms with van der Waals surface area (Å²) >= 11 is 0. The van der Waals surface area contributed by atoms with E-state index in [1.54, 1.807) is 0 Å². The van der Waals surface area contributed by atoms with Gasteiger partial charge in [0.15, 0.2) is 0 Å². The Labute approximate surface area is 128 Å². The molecule has 0 saturated carbocycles. The van der Waals surface area contributed by atoms with E-state index in [0.717, 1.165) is 18.5 Å². The van der Waals surface area contributed by atoms with E-state index < -0.39 is 0 Å². The van der Waals surface area contributed by atoms with Crippen LogP contribution in [0.2, 0.25) is 0 Å². The van der Waals surface area contributed by atoms with Crippen molar-refractivity contribution in [2.75, 3.05) is 7.05 Å². The monoisotopic (exact) mass is 282 g/mol. The van der Waals surface area contributed by atoms with E-state index >= 15 is 0 Å². The predicted molar refractivity (Wildman–Crippen MR) is 89.6 cm³/mol. The van der Waals surface area contributed by atoms with Gasteiger partial charge in [0, 0.05) is 29.8 Å². The number of nitrogens with one attached hydrogen (secondary N) is 1. The molecule has 1 aromatic heterocycles. The molecule has 0 aliphatic carbocycles. The standard InChI is InChI=1S/C19H26N2/c1-5-15-11-12-17(21-14-15)13-18(20-4)19(2,3)16-9-7-6-8-10-16/h6-12,14,18,20H,5,13H2,1-4H3. The fourth-order valence-electron chi connectivity index (χ4n) is 2.78. The molecule has 2 nitrogen and oxygen atoms in total. The van der Waals surface area contributed by atoms with Crippen molar-refractivity contribution in [2.45, 2.75) is 45.1 Å². The Bertz CT molecular complexity index is 544. The molecule has 0 bridgehead atoms. The molecule has 2 heteroatoms. The van der Waals surface area contributed by atoms with Crippen LogP contribution in [0.5, 0.6) is 0 Å². The van der Waals surface area contributed by atoms with Crippen molar-refractivity contribution < 1.29 is 0 Å². The largest absolute Gasteiger partial charge is 0.316 e.